The first-order chi connectivity index (χ1) is 8.92. The van der Waals surface area contributed by atoms with Gasteiger partial charge < -0.3 is 0 Å². The summed E-state index contributed by atoms with van der Waals surface area (Å²) in [5.41, 5.74) is 2.53. The van der Waals surface area contributed by atoms with E-state index in [1.165, 1.54) is 0 Å². The van der Waals surface area contributed by atoms with Gasteiger partial charge in [-0.1, -0.05) is 34.1 Å². The SMILES string of the molecule is Cc1c(Br)ccc(NS(=O)(=O)c2ccccc2)c1C. The average Bonchev–Trinajstić information content (AvgIpc) is 2.40. The molecule has 5 heteroatoms. The molecule has 2 rings (SSSR count). The summed E-state index contributed by atoms with van der Waals surface area (Å²) >= 11 is 3.43. The summed E-state index contributed by atoms with van der Waals surface area (Å²) in [6.07, 6.45) is 0. The van der Waals surface area contributed by atoms with Gasteiger partial charge in [0.15, 0.2) is 0 Å². The second-order valence-corrected chi connectivity index (χ2v) is 6.80. The molecule has 0 saturated heterocycles. The van der Waals surface area contributed by atoms with Gasteiger partial charge in [0.1, 0.15) is 0 Å². The van der Waals surface area contributed by atoms with Crippen molar-refractivity contribution in [2.75, 3.05) is 4.72 Å². The van der Waals surface area contributed by atoms with Crippen LogP contribution >= 0.6 is 15.9 Å². The summed E-state index contributed by atoms with van der Waals surface area (Å²) in [6, 6.07) is 11.9. The van der Waals surface area contributed by atoms with Crippen LogP contribution in [0.2, 0.25) is 0 Å². The van der Waals surface area contributed by atoms with Crippen molar-refractivity contribution in [3.63, 3.8) is 0 Å². The first-order valence-electron chi connectivity index (χ1n) is 5.75. The number of rotatable bonds is 3. The lowest BCUT2D eigenvalue weighted by molar-refractivity contribution is 0.601. The van der Waals surface area contributed by atoms with Crippen molar-refractivity contribution in [2.45, 2.75) is 18.7 Å². The third kappa shape index (κ3) is 2.98. The van der Waals surface area contributed by atoms with Crippen LogP contribution < -0.4 is 4.72 Å². The van der Waals surface area contributed by atoms with E-state index in [2.05, 4.69) is 20.7 Å². The van der Waals surface area contributed by atoms with Crippen LogP contribution in [-0.2, 0) is 10.0 Å². The summed E-state index contributed by atoms with van der Waals surface area (Å²) in [5.74, 6) is 0. The highest BCUT2D eigenvalue weighted by Gasteiger charge is 2.15. The zero-order chi connectivity index (χ0) is 14.0. The molecule has 0 saturated carbocycles. The van der Waals surface area contributed by atoms with Crippen molar-refractivity contribution < 1.29 is 8.42 Å². The molecule has 3 nitrogen and oxygen atoms in total. The Balaban J connectivity index is 2.40. The Morgan fingerprint density at radius 3 is 2.21 bits per heavy atom. The van der Waals surface area contributed by atoms with Gasteiger partial charge in [-0.3, -0.25) is 4.72 Å². The van der Waals surface area contributed by atoms with Gasteiger partial charge in [0, 0.05) is 4.47 Å². The van der Waals surface area contributed by atoms with Gasteiger partial charge in [-0.05, 0) is 49.2 Å². The van der Waals surface area contributed by atoms with Crippen molar-refractivity contribution in [3.05, 3.63) is 58.1 Å². The first-order valence-corrected chi connectivity index (χ1v) is 8.03. The first kappa shape index (κ1) is 14.1. The minimum absolute atomic E-state index is 0.259. The van der Waals surface area contributed by atoms with Crippen molar-refractivity contribution in [1.82, 2.24) is 0 Å². The molecular weight excluding hydrogens is 326 g/mol. The van der Waals surface area contributed by atoms with Gasteiger partial charge in [0.2, 0.25) is 0 Å². The van der Waals surface area contributed by atoms with E-state index >= 15 is 0 Å². The molecule has 0 aliphatic heterocycles. The molecule has 2 aromatic rings. The summed E-state index contributed by atoms with van der Waals surface area (Å²) in [7, 11) is -3.53. The maximum Gasteiger partial charge on any atom is 0.261 e. The van der Waals surface area contributed by atoms with Gasteiger partial charge in [0.25, 0.3) is 10.0 Å². The number of benzene rings is 2. The fraction of sp³-hybridized carbons (Fsp3) is 0.143. The second-order valence-electron chi connectivity index (χ2n) is 4.26. The largest absolute Gasteiger partial charge is 0.279 e. The molecule has 1 N–H and O–H groups in total. The molecule has 0 fully saturated rings. The minimum Gasteiger partial charge on any atom is -0.279 e. The summed E-state index contributed by atoms with van der Waals surface area (Å²) in [4.78, 5) is 0.259. The lowest BCUT2D eigenvalue weighted by Gasteiger charge is -2.13. The van der Waals surface area contributed by atoms with Gasteiger partial charge in [-0.15, -0.1) is 0 Å². The standard InChI is InChI=1S/C14H14BrNO2S/c1-10-11(2)14(9-8-13(10)15)16-19(17,18)12-6-4-3-5-7-12/h3-9,16H,1-2H3. The van der Waals surface area contributed by atoms with Crippen molar-refractivity contribution in [1.29, 1.82) is 0 Å². The zero-order valence-corrected chi connectivity index (χ0v) is 13.0. The van der Waals surface area contributed by atoms with Gasteiger partial charge >= 0.3 is 0 Å². The van der Waals surface area contributed by atoms with Crippen LogP contribution in [0, 0.1) is 13.8 Å². The molecule has 0 atom stereocenters. The monoisotopic (exact) mass is 339 g/mol. The maximum absolute atomic E-state index is 12.2. The number of hydrogen-bond acceptors (Lipinski definition) is 2. The molecular formula is C14H14BrNO2S. The highest BCUT2D eigenvalue weighted by molar-refractivity contribution is 9.10. The van der Waals surface area contributed by atoms with Crippen molar-refractivity contribution in [3.8, 4) is 0 Å². The van der Waals surface area contributed by atoms with Gasteiger partial charge in [-0.25, -0.2) is 8.42 Å². The fourth-order valence-electron chi connectivity index (χ4n) is 1.70. The van der Waals surface area contributed by atoms with Crippen LogP contribution in [0.25, 0.3) is 0 Å². The molecule has 19 heavy (non-hydrogen) atoms. The normalized spacial score (nSPS) is 11.3. The second kappa shape index (κ2) is 5.35. The molecule has 0 radical (unpaired) electrons. The molecule has 0 aromatic heterocycles. The predicted octanol–water partition coefficient (Wildman–Crippen LogP) is 3.87. The van der Waals surface area contributed by atoms with Crippen LogP contribution in [0.5, 0.6) is 0 Å². The lowest BCUT2D eigenvalue weighted by Crippen LogP contribution is -2.14. The van der Waals surface area contributed by atoms with E-state index in [1.54, 1.807) is 36.4 Å². The van der Waals surface area contributed by atoms with Crippen LogP contribution in [0.3, 0.4) is 0 Å². The van der Waals surface area contributed by atoms with Crippen LogP contribution in [0.15, 0.2) is 51.8 Å². The van der Waals surface area contributed by atoms with Crippen LogP contribution in [0.1, 0.15) is 11.1 Å². The Morgan fingerprint density at radius 2 is 1.58 bits per heavy atom. The third-order valence-electron chi connectivity index (χ3n) is 3.02. The predicted molar refractivity (Wildman–Crippen MR) is 80.9 cm³/mol. The van der Waals surface area contributed by atoms with Crippen LogP contribution in [0.4, 0.5) is 5.69 Å². The highest BCUT2D eigenvalue weighted by atomic mass is 79.9. The van der Waals surface area contributed by atoms with Gasteiger partial charge in [-0.2, -0.15) is 0 Å². The number of sulfonamides is 1. The fourth-order valence-corrected chi connectivity index (χ4v) is 3.28. The zero-order valence-electron chi connectivity index (χ0n) is 10.6. The molecule has 0 aliphatic carbocycles. The highest BCUT2D eigenvalue weighted by Crippen LogP contribution is 2.27. The maximum atomic E-state index is 12.2. The lowest BCUT2D eigenvalue weighted by atomic mass is 10.1. The summed E-state index contributed by atoms with van der Waals surface area (Å²) in [5, 5.41) is 0. The molecule has 0 aliphatic rings. The molecule has 100 valence electrons. The smallest absolute Gasteiger partial charge is 0.261 e. The Labute approximate surface area is 121 Å². The minimum atomic E-state index is -3.53. The number of halogens is 1. The Kier molecular flexibility index (Phi) is 3.96. The van der Waals surface area contributed by atoms with Crippen LogP contribution in [-0.4, -0.2) is 8.42 Å². The van der Waals surface area contributed by atoms with E-state index < -0.39 is 10.0 Å². The summed E-state index contributed by atoms with van der Waals surface area (Å²) in [6.45, 7) is 3.84. The molecule has 0 heterocycles. The Bertz CT molecular complexity index is 697. The number of anilines is 1. The molecule has 0 bridgehead atoms. The van der Waals surface area contributed by atoms with E-state index in [-0.39, 0.29) is 4.90 Å². The van der Waals surface area contributed by atoms with E-state index in [9.17, 15) is 8.42 Å². The van der Waals surface area contributed by atoms with Crippen molar-refractivity contribution >= 4 is 31.6 Å². The Hall–Kier alpha value is -1.33. The van der Waals surface area contributed by atoms with E-state index in [0.717, 1.165) is 15.6 Å². The molecule has 2 aromatic carbocycles. The van der Waals surface area contributed by atoms with Gasteiger partial charge in [0.05, 0.1) is 10.6 Å². The van der Waals surface area contributed by atoms with Crippen molar-refractivity contribution in [2.24, 2.45) is 0 Å². The molecule has 0 amide bonds. The topological polar surface area (TPSA) is 46.2 Å². The number of nitrogens with one attached hydrogen (secondary N) is 1. The average molecular weight is 340 g/mol. The quantitative estimate of drug-likeness (QED) is 0.922. The molecule has 0 unspecified atom stereocenters. The Morgan fingerprint density at radius 1 is 0.947 bits per heavy atom. The molecule has 0 spiro atoms. The summed E-state index contributed by atoms with van der Waals surface area (Å²) < 4.78 is 28.0. The van der Waals surface area contributed by atoms with E-state index in [4.69, 9.17) is 0 Å². The third-order valence-corrected chi connectivity index (χ3v) is 5.26. The van der Waals surface area contributed by atoms with E-state index in [0.29, 0.717) is 5.69 Å². The number of hydrogen-bond donors (Lipinski definition) is 1. The van der Waals surface area contributed by atoms with E-state index in [1.807, 2.05) is 19.9 Å².